The molecule has 3 aromatic carbocycles. The predicted octanol–water partition coefficient (Wildman–Crippen LogP) is 5.90. The van der Waals surface area contributed by atoms with Gasteiger partial charge in [0.1, 0.15) is 11.6 Å². The average molecular weight is 464 g/mol. The number of aliphatic imine (C=N–C) groups is 2. The van der Waals surface area contributed by atoms with Gasteiger partial charge in [-0.2, -0.15) is 0 Å². The molecule has 0 saturated carbocycles. The molecule has 0 aliphatic heterocycles. The molecular weight excluding hydrogens is 436 g/mol. The van der Waals surface area contributed by atoms with E-state index in [9.17, 15) is 13.6 Å². The number of rotatable bonds is 11. The van der Waals surface area contributed by atoms with Gasteiger partial charge in [-0.1, -0.05) is 30.7 Å². The quantitative estimate of drug-likeness (QED) is 0.274. The van der Waals surface area contributed by atoms with Crippen LogP contribution in [0.1, 0.15) is 47.2 Å². The molecule has 0 aromatic heterocycles. The number of aliphatic hydroxyl groups is 1. The zero-order valence-corrected chi connectivity index (χ0v) is 18.8. The molecule has 0 bridgehead atoms. The number of hydrogen-bond acceptors (Lipinski definition) is 4. The second-order valence-corrected chi connectivity index (χ2v) is 7.71. The first-order chi connectivity index (χ1) is 16.5. The zero-order chi connectivity index (χ0) is 24.2. The Hall–Kier alpha value is -3.71. The van der Waals surface area contributed by atoms with Gasteiger partial charge in [0.25, 0.3) is 5.91 Å². The zero-order valence-electron chi connectivity index (χ0n) is 18.8. The molecule has 3 rings (SSSR count). The van der Waals surface area contributed by atoms with Gasteiger partial charge in [0.05, 0.1) is 11.4 Å². The third-order valence-electron chi connectivity index (χ3n) is 5.05. The summed E-state index contributed by atoms with van der Waals surface area (Å²) in [5.41, 5.74) is 3.06. The van der Waals surface area contributed by atoms with E-state index in [1.54, 1.807) is 54.9 Å². The maximum atomic E-state index is 13.1. The van der Waals surface area contributed by atoms with Crippen molar-refractivity contribution < 1.29 is 18.7 Å². The molecule has 2 N–H and O–H groups in total. The van der Waals surface area contributed by atoms with Crippen LogP contribution in [0.25, 0.3) is 0 Å². The number of carbonyl (C=O) groups is 1. The van der Waals surface area contributed by atoms with Crippen LogP contribution in [0.5, 0.6) is 0 Å². The van der Waals surface area contributed by atoms with Crippen molar-refractivity contribution in [3.05, 3.63) is 95.1 Å². The fourth-order valence-corrected chi connectivity index (χ4v) is 3.14. The number of amides is 1. The molecule has 5 nitrogen and oxygen atoms in total. The van der Waals surface area contributed by atoms with Crippen LogP contribution in [0.3, 0.4) is 0 Å². The van der Waals surface area contributed by atoms with Crippen molar-refractivity contribution in [2.75, 3.05) is 6.61 Å². The molecule has 0 spiro atoms. The summed E-state index contributed by atoms with van der Waals surface area (Å²) in [6.07, 6.45) is 6.69. The summed E-state index contributed by atoms with van der Waals surface area (Å²) in [5.74, 6) is -0.928. The van der Waals surface area contributed by atoms with Crippen molar-refractivity contribution in [1.82, 2.24) is 5.32 Å². The number of unbranched alkanes of at least 4 members (excludes halogenated alkanes) is 3. The highest BCUT2D eigenvalue weighted by molar-refractivity contribution is 5.96. The van der Waals surface area contributed by atoms with Crippen molar-refractivity contribution in [3.63, 3.8) is 0 Å². The van der Waals surface area contributed by atoms with Crippen LogP contribution in [-0.4, -0.2) is 30.0 Å². The highest BCUT2D eigenvalue weighted by Crippen LogP contribution is 2.29. The maximum Gasteiger partial charge on any atom is 0.251 e. The standard InChI is InChI=1S/C27H27F2N3O2/c28-23-10-5-20(6-11-23)18-31-25-14-9-22(17-26(25)30-15-3-1-2-4-16-33)27(34)32-19-21-7-12-24(29)13-8-21/h5-15,17-18,33H,1-4,16,19H2,(H,32,34)/b30-15+,31-18+. The summed E-state index contributed by atoms with van der Waals surface area (Å²) >= 11 is 0. The molecule has 7 heteroatoms. The largest absolute Gasteiger partial charge is 0.396 e. The number of carbonyl (C=O) groups excluding carboxylic acids is 1. The van der Waals surface area contributed by atoms with E-state index < -0.39 is 0 Å². The van der Waals surface area contributed by atoms with E-state index in [1.807, 2.05) is 0 Å². The third-order valence-corrected chi connectivity index (χ3v) is 5.05. The van der Waals surface area contributed by atoms with E-state index in [4.69, 9.17) is 5.11 Å². The Morgan fingerprint density at radius 2 is 1.56 bits per heavy atom. The maximum absolute atomic E-state index is 13.1. The highest BCUT2D eigenvalue weighted by Gasteiger charge is 2.09. The molecule has 0 heterocycles. The number of benzene rings is 3. The second kappa shape index (κ2) is 13.1. The third kappa shape index (κ3) is 8.01. The fraction of sp³-hybridized carbons (Fsp3) is 0.222. The summed E-state index contributed by atoms with van der Waals surface area (Å²) < 4.78 is 26.2. The van der Waals surface area contributed by atoms with Gasteiger partial charge in [0, 0.05) is 31.1 Å². The minimum atomic E-state index is -0.328. The topological polar surface area (TPSA) is 74.0 Å². The number of hydrogen-bond donors (Lipinski definition) is 2. The smallest absolute Gasteiger partial charge is 0.251 e. The predicted molar refractivity (Wildman–Crippen MR) is 131 cm³/mol. The van der Waals surface area contributed by atoms with Crippen LogP contribution < -0.4 is 5.32 Å². The van der Waals surface area contributed by atoms with Crippen molar-refractivity contribution in [2.45, 2.75) is 32.2 Å². The number of halogens is 2. The monoisotopic (exact) mass is 463 g/mol. The molecule has 1 amide bonds. The van der Waals surface area contributed by atoms with Gasteiger partial charge in [0.2, 0.25) is 0 Å². The molecule has 0 unspecified atom stereocenters. The van der Waals surface area contributed by atoms with Gasteiger partial charge in [0.15, 0.2) is 0 Å². The molecular formula is C27H27F2N3O2. The van der Waals surface area contributed by atoms with Crippen molar-refractivity contribution in [1.29, 1.82) is 0 Å². The average Bonchev–Trinajstić information content (AvgIpc) is 2.85. The first kappa shape index (κ1) is 24.9. The first-order valence-corrected chi connectivity index (χ1v) is 11.1. The van der Waals surface area contributed by atoms with Gasteiger partial charge in [-0.05, 0) is 72.9 Å². The Morgan fingerprint density at radius 3 is 2.26 bits per heavy atom. The molecule has 0 saturated heterocycles. The van der Waals surface area contributed by atoms with E-state index in [1.165, 1.54) is 24.3 Å². The Kier molecular flexibility index (Phi) is 9.61. The minimum Gasteiger partial charge on any atom is -0.396 e. The molecule has 0 aliphatic rings. The SMILES string of the molecule is O=C(NCc1ccc(F)cc1)c1ccc(/N=C/c2ccc(F)cc2)c(/N=C/CCCCCO)c1. The van der Waals surface area contributed by atoms with Crippen LogP contribution in [0.4, 0.5) is 20.2 Å². The Morgan fingerprint density at radius 1 is 0.853 bits per heavy atom. The van der Waals surface area contributed by atoms with E-state index in [0.717, 1.165) is 36.8 Å². The Labute approximate surface area is 197 Å². The van der Waals surface area contributed by atoms with Gasteiger partial charge in [-0.3, -0.25) is 14.8 Å². The molecule has 176 valence electrons. The number of nitrogens with zero attached hydrogens (tertiary/aromatic N) is 2. The van der Waals surface area contributed by atoms with Gasteiger partial charge in [-0.25, -0.2) is 8.78 Å². The van der Waals surface area contributed by atoms with Gasteiger partial charge in [-0.15, -0.1) is 0 Å². The summed E-state index contributed by atoms with van der Waals surface area (Å²) in [6, 6.07) is 17.0. The van der Waals surface area contributed by atoms with E-state index in [0.29, 0.717) is 16.9 Å². The van der Waals surface area contributed by atoms with Crippen molar-refractivity contribution in [2.24, 2.45) is 9.98 Å². The highest BCUT2D eigenvalue weighted by atomic mass is 19.1. The van der Waals surface area contributed by atoms with Crippen molar-refractivity contribution in [3.8, 4) is 0 Å². The van der Waals surface area contributed by atoms with Crippen molar-refractivity contribution >= 4 is 29.7 Å². The molecule has 0 fully saturated rings. The lowest BCUT2D eigenvalue weighted by molar-refractivity contribution is 0.0951. The van der Waals surface area contributed by atoms with E-state index in [2.05, 4.69) is 15.3 Å². The normalized spacial score (nSPS) is 11.4. The van der Waals surface area contributed by atoms with E-state index >= 15 is 0 Å². The lowest BCUT2D eigenvalue weighted by Crippen LogP contribution is -2.22. The lowest BCUT2D eigenvalue weighted by Gasteiger charge is -2.08. The molecule has 34 heavy (non-hydrogen) atoms. The molecule has 3 aromatic rings. The lowest BCUT2D eigenvalue weighted by atomic mass is 10.1. The van der Waals surface area contributed by atoms with Crippen LogP contribution >= 0.6 is 0 Å². The molecule has 0 atom stereocenters. The van der Waals surface area contributed by atoms with Gasteiger partial charge >= 0.3 is 0 Å². The Balaban J connectivity index is 1.75. The summed E-state index contributed by atoms with van der Waals surface area (Å²) in [6.45, 7) is 0.446. The van der Waals surface area contributed by atoms with E-state index in [-0.39, 0.29) is 30.7 Å². The number of nitrogens with one attached hydrogen (secondary N) is 1. The summed E-state index contributed by atoms with van der Waals surface area (Å²) in [7, 11) is 0. The second-order valence-electron chi connectivity index (χ2n) is 7.71. The van der Waals surface area contributed by atoms with Gasteiger partial charge < -0.3 is 10.4 Å². The Bertz CT molecular complexity index is 1130. The summed E-state index contributed by atoms with van der Waals surface area (Å²) in [4.78, 5) is 21.7. The van der Waals surface area contributed by atoms with Crippen LogP contribution in [0, 0.1) is 11.6 Å². The first-order valence-electron chi connectivity index (χ1n) is 11.1. The summed E-state index contributed by atoms with van der Waals surface area (Å²) in [5, 5.41) is 11.7. The van der Waals surface area contributed by atoms with Crippen LogP contribution in [-0.2, 0) is 6.54 Å². The van der Waals surface area contributed by atoms with Crippen LogP contribution in [0.2, 0.25) is 0 Å². The fourth-order valence-electron chi connectivity index (χ4n) is 3.14. The number of aliphatic hydroxyl groups excluding tert-OH is 1. The molecule has 0 aliphatic carbocycles. The molecule has 0 radical (unpaired) electrons. The minimum absolute atomic E-state index is 0.175. The van der Waals surface area contributed by atoms with Crippen LogP contribution in [0.15, 0.2) is 76.7 Å².